The van der Waals surface area contributed by atoms with Crippen molar-refractivity contribution in [3.63, 3.8) is 0 Å². The molecule has 3 rings (SSSR count). The van der Waals surface area contributed by atoms with Crippen molar-refractivity contribution < 1.29 is 4.79 Å². The van der Waals surface area contributed by atoms with Crippen LogP contribution < -0.4 is 0 Å². The lowest BCUT2D eigenvalue weighted by Gasteiger charge is -2.05. The van der Waals surface area contributed by atoms with Crippen LogP contribution >= 0.6 is 0 Å². The summed E-state index contributed by atoms with van der Waals surface area (Å²) in [6, 6.07) is 7.57. The number of rotatable bonds is 1. The quantitative estimate of drug-likeness (QED) is 0.578. The first-order valence-corrected chi connectivity index (χ1v) is 4.98. The molecule has 0 aliphatic carbocycles. The Labute approximate surface area is 91.5 Å². The highest BCUT2D eigenvalue weighted by atomic mass is 16.1. The molecule has 0 spiro atoms. The van der Waals surface area contributed by atoms with Crippen LogP contribution in [0.1, 0.15) is 15.9 Å². The van der Waals surface area contributed by atoms with Gasteiger partial charge in [0.2, 0.25) is 0 Å². The minimum atomic E-state index is 0.683. The topological polar surface area (TPSA) is 47.3 Å². The van der Waals surface area contributed by atoms with E-state index in [2.05, 4.69) is 10.2 Å². The summed E-state index contributed by atoms with van der Waals surface area (Å²) < 4.78 is 1.91. The monoisotopic (exact) mass is 211 g/mol. The fourth-order valence-corrected chi connectivity index (χ4v) is 1.95. The highest BCUT2D eigenvalue weighted by Crippen LogP contribution is 2.21. The van der Waals surface area contributed by atoms with Crippen molar-refractivity contribution in [2.75, 3.05) is 0 Å². The number of aldehydes is 1. The van der Waals surface area contributed by atoms with Gasteiger partial charge in [-0.15, -0.1) is 10.2 Å². The van der Waals surface area contributed by atoms with E-state index in [-0.39, 0.29) is 0 Å². The molecule has 0 saturated carbocycles. The molecule has 4 heteroatoms. The first-order chi connectivity index (χ1) is 7.79. The van der Waals surface area contributed by atoms with Crippen LogP contribution in [0.5, 0.6) is 0 Å². The molecule has 78 valence electrons. The molecule has 0 aliphatic rings. The van der Waals surface area contributed by atoms with Gasteiger partial charge in [0, 0.05) is 10.9 Å². The van der Waals surface area contributed by atoms with Gasteiger partial charge in [-0.3, -0.25) is 9.20 Å². The van der Waals surface area contributed by atoms with E-state index >= 15 is 0 Å². The molecule has 2 heterocycles. The van der Waals surface area contributed by atoms with E-state index in [1.54, 1.807) is 12.4 Å². The number of hydrogen-bond acceptors (Lipinski definition) is 3. The maximum absolute atomic E-state index is 10.7. The molecule has 16 heavy (non-hydrogen) atoms. The molecule has 1 aromatic carbocycles. The smallest absolute Gasteiger partial charge is 0.161 e. The van der Waals surface area contributed by atoms with Crippen molar-refractivity contribution in [2.24, 2.45) is 0 Å². The van der Waals surface area contributed by atoms with Gasteiger partial charge in [0.15, 0.2) is 5.65 Å². The Morgan fingerprint density at radius 3 is 3.00 bits per heavy atom. The summed E-state index contributed by atoms with van der Waals surface area (Å²) in [5, 5.41) is 8.95. The van der Waals surface area contributed by atoms with Gasteiger partial charge in [0.25, 0.3) is 0 Å². The van der Waals surface area contributed by atoms with Crippen molar-refractivity contribution in [1.29, 1.82) is 0 Å². The SMILES string of the molecule is Cc1cc2nncn2c2ccc(C=O)cc12. The predicted molar refractivity (Wildman–Crippen MR) is 60.6 cm³/mol. The molecule has 0 aliphatic heterocycles. The van der Waals surface area contributed by atoms with Gasteiger partial charge in [0.1, 0.15) is 12.6 Å². The van der Waals surface area contributed by atoms with Crippen LogP contribution in [0.15, 0.2) is 30.6 Å². The minimum absolute atomic E-state index is 0.683. The zero-order valence-corrected chi connectivity index (χ0v) is 8.71. The van der Waals surface area contributed by atoms with E-state index in [1.165, 1.54) is 0 Å². The molecule has 0 atom stereocenters. The summed E-state index contributed by atoms with van der Waals surface area (Å²) in [5.41, 5.74) is 3.62. The summed E-state index contributed by atoms with van der Waals surface area (Å²) >= 11 is 0. The number of carbonyl (C=O) groups excluding carboxylic acids is 1. The van der Waals surface area contributed by atoms with Crippen LogP contribution in [0.3, 0.4) is 0 Å². The van der Waals surface area contributed by atoms with Crippen LogP contribution in [0.4, 0.5) is 0 Å². The lowest BCUT2D eigenvalue weighted by atomic mass is 10.1. The standard InChI is InChI=1S/C12H9N3O/c1-8-4-12-14-13-7-15(12)11-3-2-9(6-16)5-10(8)11/h2-7H,1H3. The Morgan fingerprint density at radius 2 is 2.19 bits per heavy atom. The van der Waals surface area contributed by atoms with Crippen molar-refractivity contribution in [2.45, 2.75) is 6.92 Å². The Balaban J connectivity index is 2.54. The molecule has 2 aromatic heterocycles. The second-order valence-electron chi connectivity index (χ2n) is 3.78. The average Bonchev–Trinajstić information content (AvgIpc) is 2.77. The molecule has 0 N–H and O–H groups in total. The Morgan fingerprint density at radius 1 is 1.31 bits per heavy atom. The molecule has 4 nitrogen and oxygen atoms in total. The van der Waals surface area contributed by atoms with E-state index in [0.29, 0.717) is 5.56 Å². The Kier molecular flexibility index (Phi) is 1.77. The summed E-state index contributed by atoms with van der Waals surface area (Å²) in [5.74, 6) is 0. The molecule has 0 amide bonds. The fraction of sp³-hybridized carbons (Fsp3) is 0.0833. The Bertz CT molecular complexity index is 700. The zero-order valence-electron chi connectivity index (χ0n) is 8.71. The van der Waals surface area contributed by atoms with Gasteiger partial charge >= 0.3 is 0 Å². The Hall–Kier alpha value is -2.23. The maximum atomic E-state index is 10.7. The zero-order chi connectivity index (χ0) is 11.1. The van der Waals surface area contributed by atoms with Crippen LogP contribution in [0, 0.1) is 6.92 Å². The molecule has 0 saturated heterocycles. The van der Waals surface area contributed by atoms with E-state index in [4.69, 9.17) is 0 Å². The summed E-state index contributed by atoms with van der Waals surface area (Å²) in [7, 11) is 0. The molecular formula is C12H9N3O. The largest absolute Gasteiger partial charge is 0.298 e. The summed E-state index contributed by atoms with van der Waals surface area (Å²) in [4.78, 5) is 10.7. The number of aromatic nitrogens is 3. The number of aryl methyl sites for hydroxylation is 1. The van der Waals surface area contributed by atoms with Gasteiger partial charge in [-0.25, -0.2) is 0 Å². The van der Waals surface area contributed by atoms with E-state index in [0.717, 1.165) is 28.4 Å². The lowest BCUT2D eigenvalue weighted by Crippen LogP contribution is -1.91. The molecule has 3 aromatic rings. The number of carbonyl (C=O) groups is 1. The first kappa shape index (κ1) is 9.03. The normalized spacial score (nSPS) is 11.1. The van der Waals surface area contributed by atoms with Crippen LogP contribution in [0.2, 0.25) is 0 Å². The van der Waals surface area contributed by atoms with Crippen molar-refractivity contribution in [3.05, 3.63) is 41.7 Å². The predicted octanol–water partition coefficient (Wildman–Crippen LogP) is 2.00. The first-order valence-electron chi connectivity index (χ1n) is 4.98. The highest BCUT2D eigenvalue weighted by Gasteiger charge is 2.05. The lowest BCUT2D eigenvalue weighted by molar-refractivity contribution is 0.112. The molecule has 0 fully saturated rings. The molecular weight excluding hydrogens is 202 g/mol. The van der Waals surface area contributed by atoms with E-state index in [1.807, 2.05) is 29.5 Å². The minimum Gasteiger partial charge on any atom is -0.298 e. The number of hydrogen-bond donors (Lipinski definition) is 0. The molecule has 0 radical (unpaired) electrons. The average molecular weight is 211 g/mol. The van der Waals surface area contributed by atoms with Crippen molar-refractivity contribution >= 4 is 22.8 Å². The maximum Gasteiger partial charge on any atom is 0.161 e. The number of nitrogens with zero attached hydrogens (tertiary/aromatic N) is 3. The van der Waals surface area contributed by atoms with Gasteiger partial charge in [-0.1, -0.05) is 0 Å². The second-order valence-corrected chi connectivity index (χ2v) is 3.78. The van der Waals surface area contributed by atoms with Gasteiger partial charge in [0.05, 0.1) is 5.52 Å². The highest BCUT2D eigenvalue weighted by molar-refractivity contribution is 5.90. The second kappa shape index (κ2) is 3.13. The third-order valence-electron chi connectivity index (χ3n) is 2.76. The fourth-order valence-electron chi connectivity index (χ4n) is 1.95. The van der Waals surface area contributed by atoms with Crippen LogP contribution in [0.25, 0.3) is 16.6 Å². The summed E-state index contributed by atoms with van der Waals surface area (Å²) in [6.45, 7) is 2.01. The number of fused-ring (bicyclic) bond motifs is 3. The van der Waals surface area contributed by atoms with E-state index < -0.39 is 0 Å². The third-order valence-corrected chi connectivity index (χ3v) is 2.76. The molecule has 0 bridgehead atoms. The van der Waals surface area contributed by atoms with Gasteiger partial charge in [-0.05, 0) is 36.8 Å². The number of pyridine rings is 1. The third kappa shape index (κ3) is 1.13. The van der Waals surface area contributed by atoms with E-state index in [9.17, 15) is 4.79 Å². The van der Waals surface area contributed by atoms with Gasteiger partial charge < -0.3 is 0 Å². The van der Waals surface area contributed by atoms with Crippen LogP contribution in [-0.2, 0) is 0 Å². The van der Waals surface area contributed by atoms with Crippen molar-refractivity contribution in [1.82, 2.24) is 14.6 Å². The summed E-state index contributed by atoms with van der Waals surface area (Å²) in [6.07, 6.45) is 2.53. The van der Waals surface area contributed by atoms with Crippen molar-refractivity contribution in [3.8, 4) is 0 Å². The number of benzene rings is 1. The molecule has 0 unspecified atom stereocenters. The van der Waals surface area contributed by atoms with Gasteiger partial charge in [-0.2, -0.15) is 0 Å². The van der Waals surface area contributed by atoms with Crippen LogP contribution in [-0.4, -0.2) is 20.9 Å².